The van der Waals surface area contributed by atoms with Gasteiger partial charge in [-0.2, -0.15) is 0 Å². The van der Waals surface area contributed by atoms with Gasteiger partial charge in [-0.05, 0) is 0 Å². The van der Waals surface area contributed by atoms with Gasteiger partial charge < -0.3 is 0 Å². The Hall–Kier alpha value is 0.350. The van der Waals surface area contributed by atoms with Gasteiger partial charge in [-0.15, -0.1) is 0 Å². The van der Waals surface area contributed by atoms with E-state index in [4.69, 9.17) is 10.2 Å². The predicted molar refractivity (Wildman–Crippen MR) is 43.5 cm³/mol. The Morgan fingerprint density at radius 3 is 1.22 bits per heavy atom. The summed E-state index contributed by atoms with van der Waals surface area (Å²) in [5.74, 6) is -0.644. The fourth-order valence-corrected chi connectivity index (χ4v) is 1.05. The van der Waals surface area contributed by atoms with Crippen molar-refractivity contribution in [2.75, 3.05) is 13.3 Å². The van der Waals surface area contributed by atoms with Crippen LogP contribution in [0.15, 0.2) is 0 Å². The van der Waals surface area contributed by atoms with Crippen LogP contribution in [0.1, 0.15) is 13.8 Å². The summed E-state index contributed by atoms with van der Waals surface area (Å²) in [4.78, 5) is 0. The van der Waals surface area contributed by atoms with Gasteiger partial charge in [0.25, 0.3) is 0 Å². The quantitative estimate of drug-likeness (QED) is 0.571. The molecule has 58 valence electrons. The van der Waals surface area contributed by atoms with Gasteiger partial charge in [-0.1, -0.05) is 0 Å². The molecule has 9 heavy (non-hydrogen) atoms. The van der Waals surface area contributed by atoms with Gasteiger partial charge in [0.15, 0.2) is 0 Å². The monoisotopic (exact) mass is 152 g/mol. The van der Waals surface area contributed by atoms with E-state index in [1.54, 1.807) is 13.8 Å². The van der Waals surface area contributed by atoms with Crippen molar-refractivity contribution < 1.29 is 10.2 Å². The summed E-state index contributed by atoms with van der Waals surface area (Å²) in [6.07, 6.45) is 0. The van der Waals surface area contributed by atoms with Crippen LogP contribution in [-0.2, 0) is 0 Å². The number of aliphatic hydroxyl groups is 2. The zero-order valence-corrected chi connectivity index (χ0v) is 7.55. The molecule has 2 N–H and O–H groups in total. The molecule has 0 aromatic heterocycles. The molecule has 0 aliphatic heterocycles. The van der Waals surface area contributed by atoms with Crippen molar-refractivity contribution in [3.63, 3.8) is 0 Å². The fraction of sp³-hybridized carbons (Fsp3) is 1.00. The Morgan fingerprint density at radius 2 is 1.22 bits per heavy atom. The third-order valence-electron chi connectivity index (χ3n) is 2.15. The Morgan fingerprint density at radius 1 is 1.00 bits per heavy atom. The Kier molecular flexibility index (Phi) is 3.07. The van der Waals surface area contributed by atoms with Crippen molar-refractivity contribution in [3.8, 4) is 0 Å². The molecule has 0 bridgehead atoms. The maximum atomic E-state index is 9.15. The van der Waals surface area contributed by atoms with Crippen molar-refractivity contribution in [3.05, 3.63) is 0 Å². The van der Waals surface area contributed by atoms with Gasteiger partial charge in [0.05, 0.1) is 0 Å². The van der Waals surface area contributed by atoms with Crippen LogP contribution in [0.4, 0.5) is 0 Å². The fourth-order valence-electron chi connectivity index (χ4n) is 0.349. The second kappa shape index (κ2) is 2.96. The van der Waals surface area contributed by atoms with Crippen molar-refractivity contribution in [1.82, 2.24) is 0 Å². The predicted octanol–water partition coefficient (Wildman–Crippen LogP) is 0.672. The van der Waals surface area contributed by atoms with Gasteiger partial charge in [-0.3, -0.25) is 0 Å². The normalized spacial score (nSPS) is 21.1. The first-order chi connectivity index (χ1) is 3.89. The molecule has 0 radical (unpaired) electrons. The maximum absolute atomic E-state index is 9.15. The minimum absolute atomic E-state index is 0.322. The molecule has 0 rings (SSSR count). The van der Waals surface area contributed by atoms with E-state index in [1.807, 2.05) is 13.3 Å². The van der Waals surface area contributed by atoms with Crippen LogP contribution in [-0.4, -0.2) is 35.2 Å². The molecule has 0 fully saturated rings. The second-order valence-corrected chi connectivity index (χ2v) is 8.49. The molecular formula is C6H17O2P. The summed E-state index contributed by atoms with van der Waals surface area (Å²) in [5, 5.41) is 18.3. The molecule has 0 aliphatic carbocycles. The minimum atomic E-state index is -1.75. The molecular weight excluding hydrogens is 135 g/mol. The molecule has 3 heteroatoms. The van der Waals surface area contributed by atoms with Gasteiger partial charge in [0.1, 0.15) is 0 Å². The molecule has 0 heterocycles. The zero-order chi connectivity index (χ0) is 7.65. The topological polar surface area (TPSA) is 40.5 Å². The summed E-state index contributed by atoms with van der Waals surface area (Å²) in [6.45, 7) is 7.45. The Bertz CT molecular complexity index is 79.1. The number of aliphatic hydroxyl groups excluding tert-OH is 2. The standard InChI is InChI=1S/C6H17O2P/c1-5(7)9(3,4)6(2)8/h5-9H,1-4H3. The molecule has 0 aromatic carbocycles. The molecule has 0 aromatic rings. The molecule has 0 spiro atoms. The molecule has 2 atom stereocenters. The average Bonchev–Trinajstić information content (AvgIpc) is 1.65. The van der Waals surface area contributed by atoms with Crippen LogP contribution in [0.5, 0.6) is 0 Å². The molecule has 0 saturated carbocycles. The first kappa shape index (κ1) is 9.35. The third kappa shape index (κ3) is 2.21. The van der Waals surface area contributed by atoms with Crippen molar-refractivity contribution in [2.45, 2.75) is 25.5 Å². The number of rotatable bonds is 2. The molecule has 2 unspecified atom stereocenters. The van der Waals surface area contributed by atoms with Crippen LogP contribution in [0, 0.1) is 0 Å². The van der Waals surface area contributed by atoms with Gasteiger partial charge in [-0.25, -0.2) is 0 Å². The van der Waals surface area contributed by atoms with Gasteiger partial charge >= 0.3 is 56.3 Å². The van der Waals surface area contributed by atoms with E-state index >= 15 is 0 Å². The average molecular weight is 152 g/mol. The van der Waals surface area contributed by atoms with E-state index in [-0.39, 0.29) is 11.7 Å². The molecule has 0 amide bonds. The van der Waals surface area contributed by atoms with Gasteiger partial charge in [0, 0.05) is 0 Å². The van der Waals surface area contributed by atoms with Crippen molar-refractivity contribution in [2.24, 2.45) is 0 Å². The summed E-state index contributed by atoms with van der Waals surface area (Å²) < 4.78 is 0. The van der Waals surface area contributed by atoms with E-state index in [0.717, 1.165) is 0 Å². The van der Waals surface area contributed by atoms with Crippen LogP contribution in [0.3, 0.4) is 0 Å². The van der Waals surface area contributed by atoms with Gasteiger partial charge in [0.2, 0.25) is 0 Å². The van der Waals surface area contributed by atoms with Crippen LogP contribution in [0.2, 0.25) is 0 Å². The molecule has 0 aliphatic rings. The van der Waals surface area contributed by atoms with E-state index in [9.17, 15) is 0 Å². The summed E-state index contributed by atoms with van der Waals surface area (Å²) >= 11 is 0. The van der Waals surface area contributed by atoms with Crippen LogP contribution >= 0.6 is 7.26 Å². The first-order valence-corrected chi connectivity index (χ1v) is 6.40. The van der Waals surface area contributed by atoms with Crippen molar-refractivity contribution in [1.29, 1.82) is 0 Å². The Labute approximate surface area is 57.2 Å². The second-order valence-electron chi connectivity index (χ2n) is 3.17. The first-order valence-electron chi connectivity index (χ1n) is 3.25. The van der Waals surface area contributed by atoms with Crippen LogP contribution in [0.25, 0.3) is 0 Å². The zero-order valence-electron chi connectivity index (χ0n) is 6.55. The van der Waals surface area contributed by atoms with Crippen molar-refractivity contribution >= 4 is 7.26 Å². The summed E-state index contributed by atoms with van der Waals surface area (Å²) in [7, 11) is -1.75. The van der Waals surface area contributed by atoms with E-state index in [1.165, 1.54) is 0 Å². The summed E-state index contributed by atoms with van der Waals surface area (Å²) in [6, 6.07) is 0. The van der Waals surface area contributed by atoms with E-state index < -0.39 is 7.26 Å². The Balaban J connectivity index is 4.01. The van der Waals surface area contributed by atoms with E-state index in [0.29, 0.717) is 0 Å². The summed E-state index contributed by atoms with van der Waals surface area (Å²) in [5.41, 5.74) is 0. The van der Waals surface area contributed by atoms with Crippen LogP contribution < -0.4 is 0 Å². The van der Waals surface area contributed by atoms with E-state index in [2.05, 4.69) is 0 Å². The third-order valence-corrected chi connectivity index (χ3v) is 6.46. The number of hydrogen-bond acceptors (Lipinski definition) is 2. The molecule has 2 nitrogen and oxygen atoms in total. The number of hydrogen-bond donors (Lipinski definition) is 2. The molecule has 0 saturated heterocycles. The SMILES string of the molecule is CC(O)[PH](C)(C)C(C)O.